The van der Waals surface area contributed by atoms with E-state index in [1.54, 1.807) is 19.2 Å². The lowest BCUT2D eigenvalue weighted by atomic mass is 9.89. The molecule has 144 valence electrons. The Bertz CT molecular complexity index is 812. The highest BCUT2D eigenvalue weighted by molar-refractivity contribution is 5.94. The molecule has 27 heavy (non-hydrogen) atoms. The van der Waals surface area contributed by atoms with Gasteiger partial charge < -0.3 is 19.5 Å². The lowest BCUT2D eigenvalue weighted by Gasteiger charge is -2.38. The maximum atomic E-state index is 12.8. The second-order valence-corrected chi connectivity index (χ2v) is 7.69. The van der Waals surface area contributed by atoms with Crippen molar-refractivity contribution < 1.29 is 19.0 Å². The molecule has 0 bridgehead atoms. The van der Waals surface area contributed by atoms with Crippen LogP contribution >= 0.6 is 0 Å². The molecule has 1 heterocycles. The highest BCUT2D eigenvalue weighted by Gasteiger charge is 2.35. The number of fused-ring (bicyclic) bond motifs is 1. The minimum atomic E-state index is -0.367. The zero-order chi connectivity index (χ0) is 19.6. The van der Waals surface area contributed by atoms with E-state index in [-0.39, 0.29) is 23.7 Å². The number of amides is 1. The Kier molecular flexibility index (Phi) is 5.31. The van der Waals surface area contributed by atoms with Crippen LogP contribution in [0.4, 0.5) is 0 Å². The van der Waals surface area contributed by atoms with Gasteiger partial charge in [-0.15, -0.1) is 0 Å². The number of benzene rings is 2. The van der Waals surface area contributed by atoms with Gasteiger partial charge in [0.1, 0.15) is 22.8 Å². The van der Waals surface area contributed by atoms with Crippen molar-refractivity contribution in [3.63, 3.8) is 0 Å². The van der Waals surface area contributed by atoms with Gasteiger partial charge in [-0.1, -0.05) is 0 Å². The van der Waals surface area contributed by atoms with Gasteiger partial charge in [0.25, 0.3) is 5.91 Å². The van der Waals surface area contributed by atoms with E-state index < -0.39 is 0 Å². The Labute approximate surface area is 160 Å². The first-order valence-corrected chi connectivity index (χ1v) is 9.22. The summed E-state index contributed by atoms with van der Waals surface area (Å²) >= 11 is 0. The Balaban J connectivity index is 1.81. The molecule has 0 saturated carbocycles. The molecule has 5 nitrogen and oxygen atoms in total. The molecule has 1 amide bonds. The van der Waals surface area contributed by atoms with Gasteiger partial charge in [-0.05, 0) is 70.2 Å². The van der Waals surface area contributed by atoms with Crippen molar-refractivity contribution in [2.45, 2.75) is 51.9 Å². The Morgan fingerprint density at radius 1 is 1.15 bits per heavy atom. The fourth-order valence-electron chi connectivity index (χ4n) is 3.29. The molecule has 0 radical (unpaired) electrons. The summed E-state index contributed by atoms with van der Waals surface area (Å²) in [7, 11) is 1.63. The Morgan fingerprint density at radius 3 is 2.44 bits per heavy atom. The van der Waals surface area contributed by atoms with Crippen LogP contribution in [0.25, 0.3) is 0 Å². The molecule has 1 atom stereocenters. The van der Waals surface area contributed by atoms with Gasteiger partial charge in [-0.2, -0.15) is 0 Å². The third-order valence-electron chi connectivity index (χ3n) is 4.47. The number of hydrogen-bond donors (Lipinski definition) is 1. The molecule has 2 aromatic rings. The summed E-state index contributed by atoms with van der Waals surface area (Å²) in [5, 5.41) is 3.14. The average molecular weight is 369 g/mol. The van der Waals surface area contributed by atoms with Crippen molar-refractivity contribution in [2.75, 3.05) is 7.11 Å². The van der Waals surface area contributed by atoms with E-state index in [1.807, 2.05) is 58.0 Å². The molecular formula is C22H27NO4. The summed E-state index contributed by atoms with van der Waals surface area (Å²) in [5.41, 5.74) is 1.16. The van der Waals surface area contributed by atoms with Crippen molar-refractivity contribution in [1.82, 2.24) is 5.32 Å². The average Bonchev–Trinajstić information content (AvgIpc) is 2.60. The third kappa shape index (κ3) is 4.54. The van der Waals surface area contributed by atoms with Crippen molar-refractivity contribution in [3.05, 3.63) is 53.6 Å². The SMILES string of the molecule is COc1ccc2c(c1)[C@H](NC(=O)c1ccc(OC(C)C)cc1)CC(C)(C)O2. The summed E-state index contributed by atoms with van der Waals surface area (Å²) in [6.07, 6.45) is 0.772. The predicted molar refractivity (Wildman–Crippen MR) is 105 cm³/mol. The Morgan fingerprint density at radius 2 is 1.81 bits per heavy atom. The molecule has 5 heteroatoms. The van der Waals surface area contributed by atoms with E-state index in [9.17, 15) is 4.79 Å². The molecule has 0 aromatic heterocycles. The number of nitrogens with one attached hydrogen (secondary N) is 1. The molecule has 1 aliphatic heterocycles. The molecule has 1 N–H and O–H groups in total. The van der Waals surface area contributed by atoms with E-state index in [2.05, 4.69) is 5.32 Å². The van der Waals surface area contributed by atoms with Crippen molar-refractivity contribution in [1.29, 1.82) is 0 Å². The Hall–Kier alpha value is -2.69. The van der Waals surface area contributed by atoms with Crippen LogP contribution in [0, 0.1) is 0 Å². The normalized spacial score (nSPS) is 17.6. The van der Waals surface area contributed by atoms with E-state index in [1.165, 1.54) is 0 Å². The van der Waals surface area contributed by atoms with Crippen LogP contribution in [0.1, 0.15) is 56.1 Å². The first-order valence-electron chi connectivity index (χ1n) is 9.22. The number of ether oxygens (including phenoxy) is 3. The third-order valence-corrected chi connectivity index (χ3v) is 4.47. The topological polar surface area (TPSA) is 56.8 Å². The van der Waals surface area contributed by atoms with E-state index >= 15 is 0 Å². The molecule has 2 aromatic carbocycles. The quantitative estimate of drug-likeness (QED) is 0.842. The maximum Gasteiger partial charge on any atom is 0.251 e. The molecule has 0 unspecified atom stereocenters. The molecule has 3 rings (SSSR count). The van der Waals surface area contributed by atoms with Gasteiger partial charge in [0.15, 0.2) is 0 Å². The first-order chi connectivity index (χ1) is 12.8. The molecule has 1 aliphatic rings. The van der Waals surface area contributed by atoms with Gasteiger partial charge in [0.2, 0.25) is 0 Å². The lowest BCUT2D eigenvalue weighted by molar-refractivity contribution is 0.0618. The summed E-state index contributed by atoms with van der Waals surface area (Å²) in [4.78, 5) is 12.8. The predicted octanol–water partition coefficient (Wildman–Crippen LogP) is 4.51. The van der Waals surface area contributed by atoms with Crippen LogP contribution in [-0.4, -0.2) is 24.7 Å². The minimum Gasteiger partial charge on any atom is -0.497 e. The van der Waals surface area contributed by atoms with Crippen molar-refractivity contribution in [2.24, 2.45) is 0 Å². The van der Waals surface area contributed by atoms with Crippen molar-refractivity contribution in [3.8, 4) is 17.2 Å². The van der Waals surface area contributed by atoms with Gasteiger partial charge in [0, 0.05) is 17.5 Å². The van der Waals surface area contributed by atoms with Gasteiger partial charge in [0.05, 0.1) is 19.3 Å². The molecule has 0 saturated heterocycles. The highest BCUT2D eigenvalue weighted by Crippen LogP contribution is 2.41. The zero-order valence-electron chi connectivity index (χ0n) is 16.5. The van der Waals surface area contributed by atoms with Gasteiger partial charge >= 0.3 is 0 Å². The fraction of sp³-hybridized carbons (Fsp3) is 0.409. The highest BCUT2D eigenvalue weighted by atomic mass is 16.5. The van der Waals surface area contributed by atoms with Gasteiger partial charge in [-0.3, -0.25) is 4.79 Å². The summed E-state index contributed by atoms with van der Waals surface area (Å²) < 4.78 is 17.0. The number of rotatable bonds is 5. The first kappa shape index (κ1) is 19.1. The van der Waals surface area contributed by atoms with Crippen molar-refractivity contribution >= 4 is 5.91 Å². The minimum absolute atomic E-state index is 0.0978. The smallest absolute Gasteiger partial charge is 0.251 e. The summed E-state index contributed by atoms with van der Waals surface area (Å²) in [6, 6.07) is 12.7. The van der Waals surface area contributed by atoms with Gasteiger partial charge in [-0.25, -0.2) is 0 Å². The molecule has 0 fully saturated rings. The molecule has 0 spiro atoms. The zero-order valence-corrected chi connectivity index (χ0v) is 16.5. The maximum absolute atomic E-state index is 12.8. The monoisotopic (exact) mass is 369 g/mol. The van der Waals surface area contributed by atoms with Crippen LogP contribution in [0.15, 0.2) is 42.5 Å². The molecule has 0 aliphatic carbocycles. The second kappa shape index (κ2) is 7.51. The van der Waals surface area contributed by atoms with E-state index in [0.29, 0.717) is 12.0 Å². The van der Waals surface area contributed by atoms with Crippen LogP contribution < -0.4 is 19.5 Å². The summed E-state index contributed by atoms with van der Waals surface area (Å²) in [6.45, 7) is 7.99. The summed E-state index contributed by atoms with van der Waals surface area (Å²) in [5.74, 6) is 2.15. The molecular weight excluding hydrogens is 342 g/mol. The van der Waals surface area contributed by atoms with E-state index in [0.717, 1.165) is 22.8 Å². The van der Waals surface area contributed by atoms with Crippen LogP contribution in [0.2, 0.25) is 0 Å². The largest absolute Gasteiger partial charge is 0.497 e. The second-order valence-electron chi connectivity index (χ2n) is 7.69. The standard InChI is InChI=1S/C22H27NO4/c1-14(2)26-16-8-6-15(7-9-16)21(24)23-19-13-22(3,4)27-20-11-10-17(25-5)12-18(19)20/h6-12,14,19H,13H2,1-5H3,(H,23,24)/t19-/m1/s1. The number of carbonyl (C=O) groups is 1. The fourth-order valence-corrected chi connectivity index (χ4v) is 3.29. The van der Waals surface area contributed by atoms with Crippen LogP contribution in [0.5, 0.6) is 17.2 Å². The number of hydrogen-bond acceptors (Lipinski definition) is 4. The number of methoxy groups -OCH3 is 1. The van der Waals surface area contributed by atoms with Crippen LogP contribution in [0.3, 0.4) is 0 Å². The van der Waals surface area contributed by atoms with Crippen LogP contribution in [-0.2, 0) is 0 Å². The van der Waals surface area contributed by atoms with E-state index in [4.69, 9.17) is 14.2 Å². The number of carbonyl (C=O) groups excluding carboxylic acids is 1. The lowest BCUT2D eigenvalue weighted by Crippen LogP contribution is -2.41.